The van der Waals surface area contributed by atoms with E-state index >= 15 is 0 Å². The summed E-state index contributed by atoms with van der Waals surface area (Å²) in [4.78, 5) is 0. The molecule has 0 spiro atoms. The smallest absolute Gasteiger partial charge is 0.189 e. The van der Waals surface area contributed by atoms with Crippen LogP contribution >= 0.6 is 0 Å². The van der Waals surface area contributed by atoms with Crippen molar-refractivity contribution in [2.75, 3.05) is 60.6 Å². The summed E-state index contributed by atoms with van der Waals surface area (Å²) in [7, 11) is 3.70. The molecule has 2 aliphatic heterocycles. The standard InChI is InChI=1S/C7H15NO3.C6H13NO2/c1-7(5-9-6-8-2)10-3-4-11-7;1-7-5-9-6-2-3-8-4-6/h8H,3-6H2,1-2H3;6-7H,2-5H2,1H3. The Morgan fingerprint density at radius 2 is 1.80 bits per heavy atom. The van der Waals surface area contributed by atoms with Gasteiger partial charge in [0, 0.05) is 6.61 Å². The van der Waals surface area contributed by atoms with E-state index < -0.39 is 5.79 Å². The van der Waals surface area contributed by atoms with Gasteiger partial charge in [-0.1, -0.05) is 0 Å². The molecule has 0 saturated carbocycles. The Morgan fingerprint density at radius 1 is 1.10 bits per heavy atom. The maximum Gasteiger partial charge on any atom is 0.189 e. The van der Waals surface area contributed by atoms with Gasteiger partial charge in [0.1, 0.15) is 6.61 Å². The Labute approximate surface area is 121 Å². The lowest BCUT2D eigenvalue weighted by Gasteiger charge is -2.21. The second-order valence-corrected chi connectivity index (χ2v) is 4.83. The molecule has 7 heteroatoms. The molecular weight excluding hydrogens is 264 g/mol. The van der Waals surface area contributed by atoms with E-state index in [-0.39, 0.29) is 0 Å². The van der Waals surface area contributed by atoms with E-state index in [1.165, 1.54) is 0 Å². The van der Waals surface area contributed by atoms with Crippen molar-refractivity contribution in [3.8, 4) is 0 Å². The van der Waals surface area contributed by atoms with Crippen molar-refractivity contribution in [2.24, 2.45) is 0 Å². The number of hydrogen-bond donors (Lipinski definition) is 2. The molecule has 0 aliphatic carbocycles. The van der Waals surface area contributed by atoms with Crippen LogP contribution < -0.4 is 10.6 Å². The minimum atomic E-state index is -0.517. The quantitative estimate of drug-likeness (QED) is 0.502. The average molecular weight is 292 g/mol. The first-order valence-electron chi connectivity index (χ1n) is 7.04. The van der Waals surface area contributed by atoms with Crippen molar-refractivity contribution in [1.29, 1.82) is 0 Å². The molecule has 7 nitrogen and oxygen atoms in total. The van der Waals surface area contributed by atoms with Crippen LogP contribution in [0.4, 0.5) is 0 Å². The predicted octanol–water partition coefficient (Wildman–Crippen LogP) is -0.0883. The molecule has 0 aromatic carbocycles. The molecule has 0 aromatic heterocycles. The summed E-state index contributed by atoms with van der Waals surface area (Å²) in [5.41, 5.74) is 0. The van der Waals surface area contributed by atoms with Gasteiger partial charge in [0.05, 0.1) is 39.4 Å². The highest BCUT2D eigenvalue weighted by molar-refractivity contribution is 4.66. The van der Waals surface area contributed by atoms with E-state index in [2.05, 4.69) is 10.6 Å². The number of rotatable bonds is 7. The van der Waals surface area contributed by atoms with E-state index in [0.29, 0.717) is 39.4 Å². The largest absolute Gasteiger partial charge is 0.379 e. The Bertz CT molecular complexity index is 231. The molecule has 20 heavy (non-hydrogen) atoms. The highest BCUT2D eigenvalue weighted by atomic mass is 16.7. The van der Waals surface area contributed by atoms with Gasteiger partial charge < -0.3 is 23.7 Å². The predicted molar refractivity (Wildman–Crippen MR) is 74.4 cm³/mol. The van der Waals surface area contributed by atoms with Crippen molar-refractivity contribution in [1.82, 2.24) is 10.6 Å². The average Bonchev–Trinajstić information content (AvgIpc) is 3.09. The van der Waals surface area contributed by atoms with Crippen molar-refractivity contribution in [3.63, 3.8) is 0 Å². The number of hydrogen-bond acceptors (Lipinski definition) is 7. The second kappa shape index (κ2) is 10.4. The van der Waals surface area contributed by atoms with Crippen LogP contribution in [-0.2, 0) is 23.7 Å². The zero-order valence-electron chi connectivity index (χ0n) is 12.8. The molecule has 2 rings (SSSR count). The molecule has 2 aliphatic rings. The normalized spacial score (nSPS) is 24.4. The van der Waals surface area contributed by atoms with E-state index in [4.69, 9.17) is 23.7 Å². The van der Waals surface area contributed by atoms with Crippen LogP contribution in [0.1, 0.15) is 13.3 Å². The fourth-order valence-corrected chi connectivity index (χ4v) is 1.82. The van der Waals surface area contributed by atoms with Crippen LogP contribution in [0.15, 0.2) is 0 Å². The Hall–Kier alpha value is -0.280. The number of nitrogens with one attached hydrogen (secondary N) is 2. The third-order valence-corrected chi connectivity index (χ3v) is 2.86. The minimum Gasteiger partial charge on any atom is -0.379 e. The third kappa shape index (κ3) is 7.49. The van der Waals surface area contributed by atoms with E-state index in [1.807, 2.05) is 21.0 Å². The summed E-state index contributed by atoms with van der Waals surface area (Å²) in [5.74, 6) is -0.517. The summed E-state index contributed by atoms with van der Waals surface area (Å²) in [6, 6.07) is 0. The van der Waals surface area contributed by atoms with Crippen molar-refractivity contribution < 1.29 is 23.7 Å². The molecule has 1 unspecified atom stereocenters. The van der Waals surface area contributed by atoms with Crippen molar-refractivity contribution in [2.45, 2.75) is 25.2 Å². The summed E-state index contributed by atoms with van der Waals surface area (Å²) in [5, 5.41) is 5.79. The molecule has 120 valence electrons. The summed E-state index contributed by atoms with van der Waals surface area (Å²) in [6.45, 7) is 6.48. The molecule has 0 radical (unpaired) electrons. The molecule has 0 amide bonds. The summed E-state index contributed by atoms with van der Waals surface area (Å²) >= 11 is 0. The maximum absolute atomic E-state index is 5.32. The van der Waals surface area contributed by atoms with Crippen LogP contribution in [0.5, 0.6) is 0 Å². The molecule has 2 heterocycles. The van der Waals surface area contributed by atoms with Gasteiger partial charge in [0.15, 0.2) is 5.79 Å². The van der Waals surface area contributed by atoms with Gasteiger partial charge in [-0.15, -0.1) is 0 Å². The van der Waals surface area contributed by atoms with E-state index in [1.54, 1.807) is 0 Å². The Balaban J connectivity index is 0.000000204. The third-order valence-electron chi connectivity index (χ3n) is 2.86. The molecule has 2 saturated heterocycles. The van der Waals surface area contributed by atoms with Gasteiger partial charge in [-0.05, 0) is 27.4 Å². The molecule has 0 bridgehead atoms. The van der Waals surface area contributed by atoms with Gasteiger partial charge in [-0.2, -0.15) is 0 Å². The van der Waals surface area contributed by atoms with Gasteiger partial charge in [0.2, 0.25) is 0 Å². The lowest BCUT2D eigenvalue weighted by Crippen LogP contribution is -2.33. The van der Waals surface area contributed by atoms with Crippen molar-refractivity contribution in [3.05, 3.63) is 0 Å². The first-order chi connectivity index (χ1) is 9.70. The Morgan fingerprint density at radius 3 is 2.35 bits per heavy atom. The van der Waals surface area contributed by atoms with Gasteiger partial charge in [-0.25, -0.2) is 0 Å². The fourth-order valence-electron chi connectivity index (χ4n) is 1.82. The first-order valence-corrected chi connectivity index (χ1v) is 7.04. The van der Waals surface area contributed by atoms with Gasteiger partial charge in [0.25, 0.3) is 0 Å². The van der Waals surface area contributed by atoms with Gasteiger partial charge in [-0.3, -0.25) is 10.6 Å². The molecular formula is C13H28N2O5. The lowest BCUT2D eigenvalue weighted by atomic mass is 10.3. The Kier molecular flexibility index (Phi) is 9.28. The topological polar surface area (TPSA) is 70.2 Å². The summed E-state index contributed by atoms with van der Waals surface area (Å²) < 4.78 is 26.2. The first kappa shape index (κ1) is 17.8. The maximum atomic E-state index is 5.32. The van der Waals surface area contributed by atoms with E-state index in [9.17, 15) is 0 Å². The zero-order valence-corrected chi connectivity index (χ0v) is 12.8. The van der Waals surface area contributed by atoms with Gasteiger partial charge >= 0.3 is 0 Å². The zero-order chi connectivity index (χ0) is 14.7. The van der Waals surface area contributed by atoms with Crippen LogP contribution in [0, 0.1) is 0 Å². The van der Waals surface area contributed by atoms with E-state index in [0.717, 1.165) is 19.6 Å². The highest BCUT2D eigenvalue weighted by Crippen LogP contribution is 2.18. The van der Waals surface area contributed by atoms with Crippen LogP contribution in [0.25, 0.3) is 0 Å². The molecule has 2 fully saturated rings. The molecule has 0 aromatic rings. The monoisotopic (exact) mass is 292 g/mol. The lowest BCUT2D eigenvalue weighted by molar-refractivity contribution is -0.181. The fraction of sp³-hybridized carbons (Fsp3) is 1.00. The second-order valence-electron chi connectivity index (χ2n) is 4.83. The van der Waals surface area contributed by atoms with Crippen LogP contribution in [0.2, 0.25) is 0 Å². The molecule has 1 atom stereocenters. The number of ether oxygens (including phenoxy) is 5. The van der Waals surface area contributed by atoms with Crippen molar-refractivity contribution >= 4 is 0 Å². The molecule has 2 N–H and O–H groups in total. The van der Waals surface area contributed by atoms with Crippen LogP contribution in [0.3, 0.4) is 0 Å². The van der Waals surface area contributed by atoms with Crippen LogP contribution in [-0.4, -0.2) is 72.5 Å². The highest BCUT2D eigenvalue weighted by Gasteiger charge is 2.30. The summed E-state index contributed by atoms with van der Waals surface area (Å²) in [6.07, 6.45) is 1.37. The minimum absolute atomic E-state index is 0.331. The SMILES string of the molecule is CNCOC1CCOC1.CNCOCC1(C)OCCO1.